The van der Waals surface area contributed by atoms with Crippen molar-refractivity contribution >= 4 is 16.6 Å². The highest BCUT2D eigenvalue weighted by Gasteiger charge is 2.17. The predicted octanol–water partition coefficient (Wildman–Crippen LogP) is 2.99. The first-order valence-electron chi connectivity index (χ1n) is 7.85. The summed E-state index contributed by atoms with van der Waals surface area (Å²) in [5.41, 5.74) is 2.76. The van der Waals surface area contributed by atoms with Gasteiger partial charge in [-0.25, -0.2) is 5.10 Å². The number of rotatable bonds is 3. The van der Waals surface area contributed by atoms with E-state index in [1.165, 1.54) is 0 Å². The number of aromatic amines is 2. The van der Waals surface area contributed by atoms with E-state index >= 15 is 0 Å². The van der Waals surface area contributed by atoms with Crippen LogP contribution in [0.1, 0.15) is 23.7 Å². The number of hydrogen-bond acceptors (Lipinski definition) is 4. The van der Waals surface area contributed by atoms with Gasteiger partial charge in [-0.1, -0.05) is 30.4 Å². The van der Waals surface area contributed by atoms with Crippen LogP contribution in [0.15, 0.2) is 59.1 Å². The van der Waals surface area contributed by atoms with Crippen molar-refractivity contribution in [3.05, 3.63) is 76.0 Å². The van der Waals surface area contributed by atoms with Crippen LogP contribution in [-0.4, -0.2) is 20.4 Å². The second-order valence-electron chi connectivity index (χ2n) is 5.91. The minimum absolute atomic E-state index is 0.137. The van der Waals surface area contributed by atoms with Crippen molar-refractivity contribution in [2.24, 2.45) is 0 Å². The number of fused-ring (bicyclic) bond motifs is 1. The van der Waals surface area contributed by atoms with Crippen LogP contribution in [0.4, 0.5) is 5.82 Å². The van der Waals surface area contributed by atoms with Gasteiger partial charge in [-0.3, -0.25) is 9.89 Å². The van der Waals surface area contributed by atoms with Gasteiger partial charge in [0.05, 0.1) is 11.1 Å². The molecule has 1 unspecified atom stereocenters. The quantitative estimate of drug-likeness (QED) is 0.692. The molecule has 0 saturated carbocycles. The Morgan fingerprint density at radius 2 is 2.00 bits per heavy atom. The molecule has 1 aliphatic rings. The molecule has 24 heavy (non-hydrogen) atoms. The van der Waals surface area contributed by atoms with Crippen molar-refractivity contribution in [3.8, 4) is 0 Å². The maximum atomic E-state index is 11.9. The second kappa shape index (κ2) is 5.81. The number of anilines is 1. The third-order valence-electron chi connectivity index (χ3n) is 4.15. The van der Waals surface area contributed by atoms with Crippen molar-refractivity contribution < 1.29 is 0 Å². The van der Waals surface area contributed by atoms with E-state index in [4.69, 9.17) is 0 Å². The Kier molecular flexibility index (Phi) is 3.49. The molecule has 0 saturated heterocycles. The van der Waals surface area contributed by atoms with Gasteiger partial charge in [-0.2, -0.15) is 10.2 Å². The number of allylic oxidation sites excluding steroid dienone is 3. The lowest BCUT2D eigenvalue weighted by atomic mass is 9.93. The van der Waals surface area contributed by atoms with Crippen molar-refractivity contribution in [1.82, 2.24) is 20.4 Å². The fourth-order valence-corrected chi connectivity index (χ4v) is 2.96. The Labute approximate surface area is 138 Å². The topological polar surface area (TPSA) is 86.5 Å². The van der Waals surface area contributed by atoms with E-state index in [0.717, 1.165) is 34.7 Å². The first-order valence-corrected chi connectivity index (χ1v) is 7.85. The van der Waals surface area contributed by atoms with Gasteiger partial charge in [0.1, 0.15) is 0 Å². The third-order valence-corrected chi connectivity index (χ3v) is 4.15. The lowest BCUT2D eigenvalue weighted by molar-refractivity contribution is 0.784. The van der Waals surface area contributed by atoms with Gasteiger partial charge < -0.3 is 5.32 Å². The number of aryl methyl sites for hydroxylation is 1. The summed E-state index contributed by atoms with van der Waals surface area (Å²) in [7, 11) is 0. The maximum Gasteiger partial charge on any atom is 0.272 e. The van der Waals surface area contributed by atoms with Crippen molar-refractivity contribution in [3.63, 3.8) is 0 Å². The Hall–Kier alpha value is -3.15. The highest BCUT2D eigenvalue weighted by Crippen LogP contribution is 2.29. The molecular formula is C18H17N5O. The van der Waals surface area contributed by atoms with E-state index in [1.807, 2.05) is 43.3 Å². The van der Waals surface area contributed by atoms with Gasteiger partial charge in [-0.05, 0) is 25.5 Å². The summed E-state index contributed by atoms with van der Waals surface area (Å²) in [5, 5.41) is 18.8. The summed E-state index contributed by atoms with van der Waals surface area (Å²) < 4.78 is 0. The zero-order chi connectivity index (χ0) is 16.5. The first-order chi connectivity index (χ1) is 11.7. The lowest BCUT2D eigenvalue weighted by Crippen LogP contribution is -2.14. The lowest BCUT2D eigenvalue weighted by Gasteiger charge is -2.17. The zero-order valence-electron chi connectivity index (χ0n) is 13.2. The number of H-pyrrole nitrogens is 2. The molecule has 120 valence electrons. The Balaban J connectivity index is 1.59. The Morgan fingerprint density at radius 1 is 1.17 bits per heavy atom. The van der Waals surface area contributed by atoms with Crippen molar-refractivity contribution in [1.29, 1.82) is 0 Å². The molecule has 6 nitrogen and oxygen atoms in total. The molecule has 0 fully saturated rings. The van der Waals surface area contributed by atoms with E-state index < -0.39 is 0 Å². The molecule has 0 radical (unpaired) electrons. The molecule has 3 aromatic rings. The number of nitrogens with zero attached hydrogens (tertiary/aromatic N) is 2. The summed E-state index contributed by atoms with van der Waals surface area (Å²) in [6.45, 7) is 1.96. The third kappa shape index (κ3) is 2.62. The molecular weight excluding hydrogens is 302 g/mol. The van der Waals surface area contributed by atoms with Crippen LogP contribution in [0.3, 0.4) is 0 Å². The van der Waals surface area contributed by atoms with E-state index in [9.17, 15) is 4.79 Å². The molecule has 2 heterocycles. The monoisotopic (exact) mass is 319 g/mol. The highest BCUT2D eigenvalue weighted by atomic mass is 16.1. The number of nitrogens with one attached hydrogen (secondary N) is 3. The molecule has 1 atom stereocenters. The van der Waals surface area contributed by atoms with Gasteiger partial charge in [0.15, 0.2) is 5.82 Å². The van der Waals surface area contributed by atoms with Crippen LogP contribution in [0.2, 0.25) is 0 Å². The van der Waals surface area contributed by atoms with Gasteiger partial charge in [-0.15, -0.1) is 0 Å². The zero-order valence-corrected chi connectivity index (χ0v) is 13.2. The molecule has 4 rings (SSSR count). The summed E-state index contributed by atoms with van der Waals surface area (Å²) in [6.07, 6.45) is 7.07. The Bertz CT molecular complexity index is 1010. The van der Waals surface area contributed by atoms with Crippen LogP contribution in [-0.2, 0) is 0 Å². The number of aromatic nitrogens is 4. The fourth-order valence-electron chi connectivity index (χ4n) is 2.96. The number of benzene rings is 1. The average Bonchev–Trinajstić information content (AvgIpc) is 3.01. The summed E-state index contributed by atoms with van der Waals surface area (Å²) >= 11 is 0. The minimum atomic E-state index is -0.152. The van der Waals surface area contributed by atoms with E-state index in [1.54, 1.807) is 0 Å². The molecule has 1 aliphatic carbocycles. The van der Waals surface area contributed by atoms with E-state index in [0.29, 0.717) is 5.39 Å². The van der Waals surface area contributed by atoms with Crippen LogP contribution in [0.25, 0.3) is 10.8 Å². The van der Waals surface area contributed by atoms with Crippen molar-refractivity contribution in [2.45, 2.75) is 19.3 Å². The molecule has 6 heteroatoms. The van der Waals surface area contributed by atoms with Crippen LogP contribution < -0.4 is 10.9 Å². The highest BCUT2D eigenvalue weighted by molar-refractivity contribution is 5.84. The fraction of sp³-hybridized carbons (Fsp3) is 0.167. The minimum Gasteiger partial charge on any atom is -0.339 e. The molecule has 0 aliphatic heterocycles. The van der Waals surface area contributed by atoms with Gasteiger partial charge >= 0.3 is 0 Å². The SMILES string of the molecule is Cc1cc(NC2=CCC(c3n[nH]c(=O)c4ccccc34)C=C2)n[nH]1. The average molecular weight is 319 g/mol. The predicted molar refractivity (Wildman–Crippen MR) is 93.9 cm³/mol. The molecule has 0 spiro atoms. The summed E-state index contributed by atoms with van der Waals surface area (Å²) in [6, 6.07) is 9.53. The summed E-state index contributed by atoms with van der Waals surface area (Å²) in [5.74, 6) is 0.938. The summed E-state index contributed by atoms with van der Waals surface area (Å²) in [4.78, 5) is 11.9. The first kappa shape index (κ1) is 14.4. The standard InChI is InChI=1S/C18H17N5O/c1-11-10-16(21-20-11)19-13-8-6-12(7-9-13)17-14-4-2-3-5-15(14)18(24)23-22-17/h2-6,8-10,12H,7H2,1H3,(H,23,24)(H2,19,20,21). The molecule has 3 N–H and O–H groups in total. The van der Waals surface area contributed by atoms with Crippen LogP contribution >= 0.6 is 0 Å². The maximum absolute atomic E-state index is 11.9. The Morgan fingerprint density at radius 3 is 2.71 bits per heavy atom. The van der Waals surface area contributed by atoms with Crippen molar-refractivity contribution in [2.75, 3.05) is 5.32 Å². The van der Waals surface area contributed by atoms with E-state index in [2.05, 4.69) is 37.9 Å². The molecule has 0 amide bonds. The molecule has 2 aromatic heterocycles. The van der Waals surface area contributed by atoms with Gasteiger partial charge in [0.25, 0.3) is 5.56 Å². The van der Waals surface area contributed by atoms with Crippen LogP contribution in [0, 0.1) is 6.92 Å². The van der Waals surface area contributed by atoms with Gasteiger partial charge in [0.2, 0.25) is 0 Å². The molecule has 0 bridgehead atoms. The van der Waals surface area contributed by atoms with Gasteiger partial charge in [0, 0.05) is 28.8 Å². The van der Waals surface area contributed by atoms with E-state index in [-0.39, 0.29) is 11.5 Å². The smallest absolute Gasteiger partial charge is 0.272 e. The molecule has 1 aromatic carbocycles. The largest absolute Gasteiger partial charge is 0.339 e. The van der Waals surface area contributed by atoms with Crippen LogP contribution in [0.5, 0.6) is 0 Å². The second-order valence-corrected chi connectivity index (χ2v) is 5.91. The number of hydrogen-bond donors (Lipinski definition) is 3. The normalized spacial score (nSPS) is 17.0.